The summed E-state index contributed by atoms with van der Waals surface area (Å²) < 4.78 is 0. The smallest absolute Gasteiger partial charge is 0.194 e. The van der Waals surface area contributed by atoms with Gasteiger partial charge in [0.2, 0.25) is 0 Å². The molecular weight excluding hydrogens is 487 g/mol. The summed E-state index contributed by atoms with van der Waals surface area (Å²) in [7, 11) is 2.15. The lowest BCUT2D eigenvalue weighted by Crippen LogP contribution is -2.62. The van der Waals surface area contributed by atoms with Gasteiger partial charge in [-0.3, -0.25) is 14.8 Å². The summed E-state index contributed by atoms with van der Waals surface area (Å²) in [5.41, 5.74) is 2.71. The molecule has 1 N–H and O–H groups in total. The van der Waals surface area contributed by atoms with Crippen molar-refractivity contribution in [3.05, 3.63) is 29.8 Å². The molecule has 0 amide bonds. The Hall–Kier alpha value is -1.06. The first-order valence-corrected chi connectivity index (χ1v) is 11.5. The van der Waals surface area contributed by atoms with Gasteiger partial charge in [-0.1, -0.05) is 12.1 Å². The number of benzene rings is 1. The normalized spacial score (nSPS) is 26.3. The summed E-state index contributed by atoms with van der Waals surface area (Å²) in [5, 5.41) is 3.48. The largest absolute Gasteiger partial charge is 0.372 e. The zero-order valence-electron chi connectivity index (χ0n) is 18.7. The fraction of sp³-hybridized carbons (Fsp3) is 0.696. The fourth-order valence-corrected chi connectivity index (χ4v) is 4.87. The van der Waals surface area contributed by atoms with E-state index in [4.69, 9.17) is 4.99 Å². The first kappa shape index (κ1) is 23.6. The van der Waals surface area contributed by atoms with Crippen molar-refractivity contribution in [3.8, 4) is 0 Å². The van der Waals surface area contributed by atoms with Crippen molar-refractivity contribution in [2.24, 2.45) is 4.99 Å². The van der Waals surface area contributed by atoms with E-state index < -0.39 is 0 Å². The SMILES string of the molecule is CCNC(=NCC1CN2CCN1CC2)N(C)Cc1ccc(N2CCCCC2)cc1.I. The van der Waals surface area contributed by atoms with E-state index >= 15 is 0 Å². The Kier molecular flexibility index (Phi) is 9.07. The number of aliphatic imine (C=N–C) groups is 1. The Morgan fingerprint density at radius 2 is 1.73 bits per heavy atom. The van der Waals surface area contributed by atoms with E-state index in [9.17, 15) is 0 Å². The van der Waals surface area contributed by atoms with Crippen molar-refractivity contribution >= 4 is 35.6 Å². The standard InChI is InChI=1S/C23H38N6.HI/c1-3-24-23(25-17-22-19-27-13-15-29(22)16-14-27)26(2)18-20-7-9-21(10-8-20)28-11-5-4-6-12-28;/h7-10,22H,3-6,11-19H2,1-2H3,(H,24,25);1H. The van der Waals surface area contributed by atoms with Crippen LogP contribution in [0.4, 0.5) is 5.69 Å². The number of hydrogen-bond acceptors (Lipinski definition) is 4. The number of nitrogens with zero attached hydrogens (tertiary/aromatic N) is 5. The third-order valence-electron chi connectivity index (χ3n) is 6.62. The fourth-order valence-electron chi connectivity index (χ4n) is 4.87. The van der Waals surface area contributed by atoms with Crippen molar-refractivity contribution in [2.45, 2.75) is 38.8 Å². The van der Waals surface area contributed by atoms with Crippen LogP contribution in [-0.4, -0.2) is 92.7 Å². The molecule has 0 aromatic heterocycles. The quantitative estimate of drug-likeness (QED) is 0.351. The summed E-state index contributed by atoms with van der Waals surface area (Å²) >= 11 is 0. The van der Waals surface area contributed by atoms with E-state index in [-0.39, 0.29) is 24.0 Å². The van der Waals surface area contributed by atoms with Crippen LogP contribution >= 0.6 is 24.0 Å². The monoisotopic (exact) mass is 526 g/mol. The van der Waals surface area contributed by atoms with Gasteiger partial charge in [0.25, 0.3) is 0 Å². The molecule has 4 heterocycles. The molecule has 0 aliphatic carbocycles. The molecule has 0 radical (unpaired) electrons. The van der Waals surface area contributed by atoms with Crippen LogP contribution in [0.5, 0.6) is 0 Å². The Bertz CT molecular complexity index is 665. The van der Waals surface area contributed by atoms with Gasteiger partial charge in [-0.2, -0.15) is 0 Å². The van der Waals surface area contributed by atoms with Crippen molar-refractivity contribution in [3.63, 3.8) is 0 Å². The maximum absolute atomic E-state index is 5.00. The molecule has 1 aromatic rings. The van der Waals surface area contributed by atoms with Crippen LogP contribution in [0.2, 0.25) is 0 Å². The number of piperazine rings is 3. The highest BCUT2D eigenvalue weighted by Gasteiger charge is 2.31. The summed E-state index contributed by atoms with van der Waals surface area (Å²) in [6, 6.07) is 9.72. The number of halogens is 1. The molecule has 4 fully saturated rings. The predicted molar refractivity (Wildman–Crippen MR) is 137 cm³/mol. The maximum Gasteiger partial charge on any atom is 0.194 e. The van der Waals surface area contributed by atoms with E-state index in [0.29, 0.717) is 6.04 Å². The minimum Gasteiger partial charge on any atom is -0.372 e. The predicted octanol–water partition coefficient (Wildman–Crippen LogP) is 2.69. The first-order valence-electron chi connectivity index (χ1n) is 11.5. The van der Waals surface area contributed by atoms with Gasteiger partial charge in [0.15, 0.2) is 5.96 Å². The molecule has 1 unspecified atom stereocenters. The lowest BCUT2D eigenvalue weighted by Gasteiger charge is -2.47. The molecule has 168 valence electrons. The van der Waals surface area contributed by atoms with Crippen molar-refractivity contribution in [1.29, 1.82) is 0 Å². The van der Waals surface area contributed by atoms with Gasteiger partial charge in [-0.25, -0.2) is 0 Å². The maximum atomic E-state index is 5.00. The Balaban J connectivity index is 0.00000256. The summed E-state index contributed by atoms with van der Waals surface area (Å²) in [6.07, 6.45) is 4.02. The minimum atomic E-state index is 0. The molecule has 30 heavy (non-hydrogen) atoms. The van der Waals surface area contributed by atoms with Crippen LogP contribution in [0.15, 0.2) is 29.3 Å². The summed E-state index contributed by atoms with van der Waals surface area (Å²) in [6.45, 7) is 13.3. The molecule has 0 saturated carbocycles. The number of hydrogen-bond donors (Lipinski definition) is 1. The van der Waals surface area contributed by atoms with Crippen molar-refractivity contribution in [1.82, 2.24) is 20.0 Å². The van der Waals surface area contributed by atoms with E-state index in [2.05, 4.69) is 63.2 Å². The molecule has 0 spiro atoms. The molecule has 4 aliphatic rings. The minimum absolute atomic E-state index is 0. The third-order valence-corrected chi connectivity index (χ3v) is 6.62. The Morgan fingerprint density at radius 3 is 2.33 bits per heavy atom. The molecule has 5 rings (SSSR count). The highest BCUT2D eigenvalue weighted by atomic mass is 127. The molecule has 7 heteroatoms. The van der Waals surface area contributed by atoms with Gasteiger partial charge < -0.3 is 15.1 Å². The number of nitrogens with one attached hydrogen (secondary N) is 1. The Morgan fingerprint density at radius 1 is 1.03 bits per heavy atom. The zero-order valence-corrected chi connectivity index (χ0v) is 21.1. The lowest BCUT2D eigenvalue weighted by atomic mass is 10.1. The van der Waals surface area contributed by atoms with Crippen LogP contribution in [0.1, 0.15) is 31.7 Å². The number of guanidine groups is 1. The average molecular weight is 527 g/mol. The van der Waals surface area contributed by atoms with Crippen LogP contribution in [0.3, 0.4) is 0 Å². The molecule has 1 atom stereocenters. The lowest BCUT2D eigenvalue weighted by molar-refractivity contribution is 0.0173. The van der Waals surface area contributed by atoms with E-state index in [0.717, 1.165) is 25.6 Å². The summed E-state index contributed by atoms with van der Waals surface area (Å²) in [5.74, 6) is 1.02. The molecule has 4 saturated heterocycles. The van der Waals surface area contributed by atoms with Crippen LogP contribution in [0, 0.1) is 0 Å². The number of fused-ring (bicyclic) bond motifs is 3. The van der Waals surface area contributed by atoms with Crippen molar-refractivity contribution in [2.75, 3.05) is 70.9 Å². The number of piperidine rings is 1. The van der Waals surface area contributed by atoms with Gasteiger partial charge in [0.05, 0.1) is 6.54 Å². The topological polar surface area (TPSA) is 37.4 Å². The molecule has 4 aliphatic heterocycles. The van der Waals surface area contributed by atoms with Gasteiger partial charge >= 0.3 is 0 Å². The first-order chi connectivity index (χ1) is 14.2. The third kappa shape index (κ3) is 6.01. The number of anilines is 1. The molecular formula is C23H39IN6. The van der Waals surface area contributed by atoms with E-state index in [1.54, 1.807) is 0 Å². The second-order valence-electron chi connectivity index (χ2n) is 8.76. The van der Waals surface area contributed by atoms with Gasteiger partial charge in [-0.15, -0.1) is 24.0 Å². The zero-order chi connectivity index (χ0) is 20.1. The second-order valence-corrected chi connectivity index (χ2v) is 8.76. The van der Waals surface area contributed by atoms with Crippen LogP contribution in [-0.2, 0) is 6.54 Å². The van der Waals surface area contributed by atoms with Crippen LogP contribution in [0.25, 0.3) is 0 Å². The summed E-state index contributed by atoms with van der Waals surface area (Å²) in [4.78, 5) is 15.0. The van der Waals surface area contributed by atoms with Gasteiger partial charge in [-0.05, 0) is 43.9 Å². The number of rotatable bonds is 6. The highest BCUT2D eigenvalue weighted by Crippen LogP contribution is 2.21. The van der Waals surface area contributed by atoms with Crippen molar-refractivity contribution < 1.29 is 0 Å². The molecule has 6 nitrogen and oxygen atoms in total. The second kappa shape index (κ2) is 11.5. The van der Waals surface area contributed by atoms with E-state index in [1.165, 1.54) is 76.3 Å². The van der Waals surface area contributed by atoms with Gasteiger partial charge in [0.1, 0.15) is 0 Å². The molecule has 1 aromatic carbocycles. The molecule has 2 bridgehead atoms. The highest BCUT2D eigenvalue weighted by molar-refractivity contribution is 14.0. The van der Waals surface area contributed by atoms with Gasteiger partial charge in [0, 0.05) is 77.7 Å². The Labute approximate surface area is 199 Å². The van der Waals surface area contributed by atoms with Crippen LogP contribution < -0.4 is 10.2 Å². The average Bonchev–Trinajstić information content (AvgIpc) is 2.78. The van der Waals surface area contributed by atoms with E-state index in [1.807, 2.05) is 0 Å².